The summed E-state index contributed by atoms with van der Waals surface area (Å²) in [5, 5.41) is 1.85. The summed E-state index contributed by atoms with van der Waals surface area (Å²) < 4.78 is 0. The van der Waals surface area contributed by atoms with Gasteiger partial charge in [-0.15, -0.1) is 0 Å². The number of rotatable bonds is 2. The second kappa shape index (κ2) is 10.2. The van der Waals surface area contributed by atoms with Crippen molar-refractivity contribution in [3.05, 3.63) is 156 Å². The Hall–Kier alpha value is -6.14. The number of anilines is 6. The van der Waals surface area contributed by atoms with E-state index in [0.29, 0.717) is 0 Å². The SMILES string of the molecule is CC1(C)c2ccccc2N(c2ccc3c4nccnc4c4ccc(N5c6ccccc6C(C)(C)c6ccccc65)nc4c3n2)c2ccccc21. The summed E-state index contributed by atoms with van der Waals surface area (Å²) in [7, 11) is 0. The highest BCUT2D eigenvalue weighted by Gasteiger charge is 2.38. The van der Waals surface area contributed by atoms with Crippen molar-refractivity contribution in [1.29, 1.82) is 0 Å². The molecule has 6 heteroatoms. The molecule has 0 amide bonds. The zero-order valence-electron chi connectivity index (χ0n) is 28.4. The minimum absolute atomic E-state index is 0.162. The third kappa shape index (κ3) is 3.84. The van der Waals surface area contributed by atoms with Crippen LogP contribution < -0.4 is 9.80 Å². The van der Waals surface area contributed by atoms with Crippen molar-refractivity contribution >= 4 is 67.2 Å². The quantitative estimate of drug-likeness (QED) is 0.174. The molecule has 6 nitrogen and oxygen atoms in total. The molecule has 0 aliphatic carbocycles. The molecule has 2 aliphatic heterocycles. The number of benzene rings is 5. The average molecular weight is 647 g/mol. The first kappa shape index (κ1) is 28.8. The second-order valence-electron chi connectivity index (χ2n) is 14.4. The number of para-hydroxylation sites is 4. The smallest absolute Gasteiger partial charge is 0.138 e. The van der Waals surface area contributed by atoms with Crippen LogP contribution in [0.25, 0.3) is 32.8 Å². The first-order valence-corrected chi connectivity index (χ1v) is 17.2. The zero-order valence-corrected chi connectivity index (χ0v) is 28.4. The molecule has 0 fully saturated rings. The van der Waals surface area contributed by atoms with Crippen LogP contribution in [-0.4, -0.2) is 19.9 Å². The van der Waals surface area contributed by atoms with E-state index in [0.717, 1.165) is 67.2 Å². The molecule has 5 heterocycles. The van der Waals surface area contributed by atoms with E-state index in [4.69, 9.17) is 19.9 Å². The minimum Gasteiger partial charge on any atom is -0.294 e. The summed E-state index contributed by atoms with van der Waals surface area (Å²) >= 11 is 0. The van der Waals surface area contributed by atoms with Crippen molar-refractivity contribution in [1.82, 2.24) is 19.9 Å². The van der Waals surface area contributed by atoms with Crippen molar-refractivity contribution in [2.75, 3.05) is 9.80 Å². The van der Waals surface area contributed by atoms with Crippen LogP contribution in [-0.2, 0) is 10.8 Å². The Bertz CT molecular complexity index is 2410. The van der Waals surface area contributed by atoms with Crippen LogP contribution in [0.2, 0.25) is 0 Å². The molecule has 8 aromatic rings. The molecular formula is C44H34N6. The lowest BCUT2D eigenvalue weighted by molar-refractivity contribution is 0.631. The summed E-state index contributed by atoms with van der Waals surface area (Å²) in [6, 6.07) is 43.2. The Kier molecular flexibility index (Phi) is 5.88. The van der Waals surface area contributed by atoms with Crippen LogP contribution in [0.4, 0.5) is 34.4 Å². The van der Waals surface area contributed by atoms with Crippen LogP contribution in [0.3, 0.4) is 0 Å². The van der Waals surface area contributed by atoms with E-state index < -0.39 is 0 Å². The van der Waals surface area contributed by atoms with E-state index in [1.165, 1.54) is 22.3 Å². The zero-order chi connectivity index (χ0) is 33.8. The largest absolute Gasteiger partial charge is 0.294 e. The van der Waals surface area contributed by atoms with Gasteiger partial charge in [0.15, 0.2) is 0 Å². The molecule has 0 bridgehead atoms. The van der Waals surface area contributed by atoms with Crippen molar-refractivity contribution in [3.63, 3.8) is 0 Å². The standard InChI is InChI=1S/C44H34N6/c1-43(2)29-13-5-9-17-33(29)49(34-18-10-6-14-30(34)43)37-23-21-27-39-40(46-26-25-45-39)28-22-24-38(48-42(28)41(27)47-37)50-35-19-11-7-15-31(35)44(3,4)32-16-8-12-20-36(32)50/h5-26H,1-4H3. The van der Waals surface area contributed by atoms with Gasteiger partial charge in [-0.2, -0.15) is 0 Å². The lowest BCUT2D eigenvalue weighted by Gasteiger charge is -2.41. The van der Waals surface area contributed by atoms with Gasteiger partial charge in [0.1, 0.15) is 22.7 Å². The monoisotopic (exact) mass is 646 g/mol. The Morgan fingerprint density at radius 1 is 0.380 bits per heavy atom. The van der Waals surface area contributed by atoms with Gasteiger partial charge in [-0.05, 0) is 70.8 Å². The molecule has 2 aliphatic rings. The van der Waals surface area contributed by atoms with Gasteiger partial charge in [0.05, 0.1) is 33.8 Å². The van der Waals surface area contributed by atoms with E-state index in [1.807, 2.05) is 0 Å². The highest BCUT2D eigenvalue weighted by molar-refractivity contribution is 6.21. The van der Waals surface area contributed by atoms with E-state index in [-0.39, 0.29) is 10.8 Å². The fraction of sp³-hybridized carbons (Fsp3) is 0.136. The van der Waals surface area contributed by atoms with Crippen molar-refractivity contribution in [3.8, 4) is 0 Å². The van der Waals surface area contributed by atoms with E-state index in [2.05, 4.69) is 159 Å². The molecule has 0 N–H and O–H groups in total. The molecule has 3 aromatic heterocycles. The fourth-order valence-electron chi connectivity index (χ4n) is 8.45. The van der Waals surface area contributed by atoms with Gasteiger partial charge in [-0.25, -0.2) is 9.97 Å². The van der Waals surface area contributed by atoms with E-state index in [9.17, 15) is 0 Å². The Morgan fingerprint density at radius 2 is 0.700 bits per heavy atom. The van der Waals surface area contributed by atoms with Crippen molar-refractivity contribution in [2.45, 2.75) is 38.5 Å². The van der Waals surface area contributed by atoms with Crippen LogP contribution in [0.1, 0.15) is 49.9 Å². The molecular weight excluding hydrogens is 613 g/mol. The molecule has 5 aromatic carbocycles. The number of pyridine rings is 2. The molecule has 50 heavy (non-hydrogen) atoms. The summed E-state index contributed by atoms with van der Waals surface area (Å²) in [4.78, 5) is 25.2. The number of hydrogen-bond donors (Lipinski definition) is 0. The summed E-state index contributed by atoms with van der Waals surface area (Å²) in [6.07, 6.45) is 3.51. The molecule has 0 spiro atoms. The number of nitrogens with zero attached hydrogens (tertiary/aromatic N) is 6. The predicted octanol–water partition coefficient (Wildman–Crippen LogP) is 10.9. The topological polar surface area (TPSA) is 58.0 Å². The third-order valence-electron chi connectivity index (χ3n) is 10.9. The van der Waals surface area contributed by atoms with Crippen LogP contribution >= 0.6 is 0 Å². The Labute approximate surface area is 290 Å². The van der Waals surface area contributed by atoms with Gasteiger partial charge in [0, 0.05) is 34.0 Å². The lowest BCUT2D eigenvalue weighted by atomic mass is 9.73. The maximum absolute atomic E-state index is 5.50. The molecule has 0 radical (unpaired) electrons. The van der Waals surface area contributed by atoms with Gasteiger partial charge < -0.3 is 0 Å². The minimum atomic E-state index is -0.162. The molecule has 10 rings (SSSR count). The number of hydrogen-bond acceptors (Lipinski definition) is 6. The Balaban J connectivity index is 1.26. The second-order valence-corrected chi connectivity index (χ2v) is 14.4. The summed E-state index contributed by atoms with van der Waals surface area (Å²) in [5.41, 5.74) is 12.5. The van der Waals surface area contributed by atoms with E-state index >= 15 is 0 Å². The normalized spacial score (nSPS) is 15.4. The highest BCUT2D eigenvalue weighted by atomic mass is 15.2. The van der Waals surface area contributed by atoms with Crippen molar-refractivity contribution in [2.24, 2.45) is 0 Å². The Morgan fingerprint density at radius 3 is 1.04 bits per heavy atom. The number of fused-ring (bicyclic) bond motifs is 10. The van der Waals surface area contributed by atoms with Crippen LogP contribution in [0.15, 0.2) is 134 Å². The van der Waals surface area contributed by atoms with Gasteiger partial charge in [-0.3, -0.25) is 19.8 Å². The maximum atomic E-state index is 5.50. The first-order valence-electron chi connectivity index (χ1n) is 17.2. The van der Waals surface area contributed by atoms with Gasteiger partial charge in [0.2, 0.25) is 0 Å². The lowest BCUT2D eigenvalue weighted by Crippen LogP contribution is -2.31. The predicted molar refractivity (Wildman–Crippen MR) is 204 cm³/mol. The molecule has 240 valence electrons. The highest BCUT2D eigenvalue weighted by Crippen LogP contribution is 2.53. The van der Waals surface area contributed by atoms with Gasteiger partial charge >= 0.3 is 0 Å². The molecule has 0 saturated carbocycles. The summed E-state index contributed by atoms with van der Waals surface area (Å²) in [6.45, 7) is 9.21. The van der Waals surface area contributed by atoms with Crippen molar-refractivity contribution < 1.29 is 0 Å². The van der Waals surface area contributed by atoms with Gasteiger partial charge in [-0.1, -0.05) is 100 Å². The van der Waals surface area contributed by atoms with Crippen LogP contribution in [0, 0.1) is 0 Å². The average Bonchev–Trinajstić information content (AvgIpc) is 3.15. The number of aromatic nitrogens is 4. The molecule has 0 atom stereocenters. The maximum Gasteiger partial charge on any atom is 0.138 e. The summed E-state index contributed by atoms with van der Waals surface area (Å²) in [5.74, 6) is 1.67. The first-order chi connectivity index (χ1) is 24.3. The van der Waals surface area contributed by atoms with E-state index in [1.54, 1.807) is 12.4 Å². The molecule has 0 unspecified atom stereocenters. The van der Waals surface area contributed by atoms with Gasteiger partial charge in [0.25, 0.3) is 0 Å². The third-order valence-corrected chi connectivity index (χ3v) is 10.9. The fourth-order valence-corrected chi connectivity index (χ4v) is 8.45. The molecule has 0 saturated heterocycles. The van der Waals surface area contributed by atoms with Crippen LogP contribution in [0.5, 0.6) is 0 Å².